The van der Waals surface area contributed by atoms with Crippen molar-refractivity contribution in [2.75, 3.05) is 20.2 Å². The highest BCUT2D eigenvalue weighted by Gasteiger charge is 2.18. The first-order chi connectivity index (χ1) is 10.3. The number of para-hydroxylation sites is 1. The van der Waals surface area contributed by atoms with E-state index in [4.69, 9.17) is 4.74 Å². The SMILES string of the molecule is COc1ccccc1-c1cc([C@H]2CCCNC2)nc(C)n1. The second kappa shape index (κ2) is 6.22. The molecule has 1 fully saturated rings. The van der Waals surface area contributed by atoms with Crippen molar-refractivity contribution >= 4 is 0 Å². The molecule has 0 saturated carbocycles. The van der Waals surface area contributed by atoms with E-state index in [1.165, 1.54) is 12.8 Å². The molecule has 4 heteroatoms. The molecule has 1 aliphatic heterocycles. The number of aryl methyl sites for hydroxylation is 1. The first-order valence-corrected chi connectivity index (χ1v) is 7.47. The van der Waals surface area contributed by atoms with E-state index in [-0.39, 0.29) is 0 Å². The summed E-state index contributed by atoms with van der Waals surface area (Å²) in [4.78, 5) is 9.24. The highest BCUT2D eigenvalue weighted by atomic mass is 16.5. The molecule has 4 nitrogen and oxygen atoms in total. The molecule has 1 saturated heterocycles. The highest BCUT2D eigenvalue weighted by Crippen LogP contribution is 2.30. The number of piperidine rings is 1. The number of aromatic nitrogens is 2. The summed E-state index contributed by atoms with van der Waals surface area (Å²) in [6.45, 7) is 4.07. The van der Waals surface area contributed by atoms with Gasteiger partial charge in [-0.05, 0) is 44.5 Å². The lowest BCUT2D eigenvalue weighted by molar-refractivity contribution is 0.416. The van der Waals surface area contributed by atoms with E-state index in [2.05, 4.69) is 21.4 Å². The fourth-order valence-corrected chi connectivity index (χ4v) is 2.90. The third kappa shape index (κ3) is 3.05. The lowest BCUT2D eigenvalue weighted by Gasteiger charge is -2.23. The largest absolute Gasteiger partial charge is 0.496 e. The molecular formula is C17H21N3O. The Morgan fingerprint density at radius 2 is 2.10 bits per heavy atom. The summed E-state index contributed by atoms with van der Waals surface area (Å²) in [6.07, 6.45) is 2.40. The quantitative estimate of drug-likeness (QED) is 0.941. The molecule has 1 aromatic carbocycles. The van der Waals surface area contributed by atoms with Gasteiger partial charge in [-0.25, -0.2) is 9.97 Å². The van der Waals surface area contributed by atoms with Gasteiger partial charge in [0, 0.05) is 23.7 Å². The first kappa shape index (κ1) is 14.0. The Kier molecular flexibility index (Phi) is 4.15. The molecule has 1 aromatic heterocycles. The second-order valence-corrected chi connectivity index (χ2v) is 5.47. The Morgan fingerprint density at radius 1 is 1.24 bits per heavy atom. The molecule has 0 amide bonds. The van der Waals surface area contributed by atoms with Gasteiger partial charge in [0.2, 0.25) is 0 Å². The van der Waals surface area contributed by atoms with Crippen LogP contribution in [-0.2, 0) is 0 Å². The van der Waals surface area contributed by atoms with Gasteiger partial charge >= 0.3 is 0 Å². The van der Waals surface area contributed by atoms with Crippen LogP contribution in [0.1, 0.15) is 30.3 Å². The topological polar surface area (TPSA) is 47.0 Å². The summed E-state index contributed by atoms with van der Waals surface area (Å²) >= 11 is 0. The van der Waals surface area contributed by atoms with Crippen LogP contribution >= 0.6 is 0 Å². The van der Waals surface area contributed by atoms with Crippen LogP contribution in [-0.4, -0.2) is 30.2 Å². The fourth-order valence-electron chi connectivity index (χ4n) is 2.90. The highest BCUT2D eigenvalue weighted by molar-refractivity contribution is 5.67. The van der Waals surface area contributed by atoms with Crippen LogP contribution in [0.15, 0.2) is 30.3 Å². The van der Waals surface area contributed by atoms with Gasteiger partial charge in [0.25, 0.3) is 0 Å². The lowest BCUT2D eigenvalue weighted by Crippen LogP contribution is -2.29. The Hall–Kier alpha value is -1.94. The summed E-state index contributed by atoms with van der Waals surface area (Å²) in [5.74, 6) is 2.15. The van der Waals surface area contributed by atoms with Gasteiger partial charge in [0.15, 0.2) is 0 Å². The zero-order valence-corrected chi connectivity index (χ0v) is 12.6. The maximum atomic E-state index is 5.45. The summed E-state index contributed by atoms with van der Waals surface area (Å²) in [6, 6.07) is 10.1. The van der Waals surface area contributed by atoms with Gasteiger partial charge in [-0.3, -0.25) is 0 Å². The van der Waals surface area contributed by atoms with Crippen molar-refractivity contribution in [2.45, 2.75) is 25.7 Å². The van der Waals surface area contributed by atoms with E-state index in [9.17, 15) is 0 Å². The molecule has 1 atom stereocenters. The van der Waals surface area contributed by atoms with Crippen LogP contribution in [0.4, 0.5) is 0 Å². The molecule has 1 N–H and O–H groups in total. The third-order valence-corrected chi connectivity index (χ3v) is 3.96. The summed E-state index contributed by atoms with van der Waals surface area (Å²) < 4.78 is 5.45. The molecule has 0 bridgehead atoms. The number of hydrogen-bond donors (Lipinski definition) is 1. The Morgan fingerprint density at radius 3 is 2.86 bits per heavy atom. The summed E-state index contributed by atoms with van der Waals surface area (Å²) in [5.41, 5.74) is 3.10. The van der Waals surface area contributed by atoms with Crippen LogP contribution in [0.25, 0.3) is 11.3 Å². The van der Waals surface area contributed by atoms with Crippen molar-refractivity contribution < 1.29 is 4.74 Å². The fraction of sp³-hybridized carbons (Fsp3) is 0.412. The molecular weight excluding hydrogens is 262 g/mol. The van der Waals surface area contributed by atoms with E-state index < -0.39 is 0 Å². The molecule has 1 aliphatic rings. The normalized spacial score (nSPS) is 18.5. The number of hydrogen-bond acceptors (Lipinski definition) is 4. The number of ether oxygens (including phenoxy) is 1. The van der Waals surface area contributed by atoms with Gasteiger partial charge < -0.3 is 10.1 Å². The zero-order valence-electron chi connectivity index (χ0n) is 12.6. The molecule has 3 rings (SSSR count). The number of methoxy groups -OCH3 is 1. The van der Waals surface area contributed by atoms with E-state index >= 15 is 0 Å². The minimum atomic E-state index is 0.480. The van der Waals surface area contributed by atoms with Crippen molar-refractivity contribution in [2.24, 2.45) is 0 Å². The lowest BCUT2D eigenvalue weighted by atomic mass is 9.95. The van der Waals surface area contributed by atoms with Crippen molar-refractivity contribution in [1.82, 2.24) is 15.3 Å². The minimum absolute atomic E-state index is 0.480. The average Bonchev–Trinajstić information content (AvgIpc) is 2.55. The van der Waals surface area contributed by atoms with Gasteiger partial charge in [0.1, 0.15) is 11.6 Å². The summed E-state index contributed by atoms with van der Waals surface area (Å²) in [5, 5.41) is 3.45. The zero-order chi connectivity index (χ0) is 14.7. The Bertz CT molecular complexity index is 621. The Labute approximate surface area is 125 Å². The number of benzene rings is 1. The average molecular weight is 283 g/mol. The van der Waals surface area contributed by atoms with E-state index in [0.717, 1.165) is 41.6 Å². The molecule has 0 aliphatic carbocycles. The van der Waals surface area contributed by atoms with E-state index in [1.807, 2.05) is 31.2 Å². The minimum Gasteiger partial charge on any atom is -0.496 e. The maximum Gasteiger partial charge on any atom is 0.128 e. The number of nitrogens with one attached hydrogen (secondary N) is 1. The van der Waals surface area contributed by atoms with Gasteiger partial charge in [-0.15, -0.1) is 0 Å². The molecule has 21 heavy (non-hydrogen) atoms. The van der Waals surface area contributed by atoms with Crippen LogP contribution in [0.5, 0.6) is 5.75 Å². The van der Waals surface area contributed by atoms with Crippen LogP contribution < -0.4 is 10.1 Å². The van der Waals surface area contributed by atoms with Gasteiger partial charge in [-0.2, -0.15) is 0 Å². The molecule has 2 heterocycles. The third-order valence-electron chi connectivity index (χ3n) is 3.96. The van der Waals surface area contributed by atoms with Crippen molar-refractivity contribution in [3.63, 3.8) is 0 Å². The molecule has 2 aromatic rings. The second-order valence-electron chi connectivity index (χ2n) is 5.47. The Balaban J connectivity index is 2.01. The van der Waals surface area contributed by atoms with Crippen LogP contribution in [0, 0.1) is 6.92 Å². The molecule has 110 valence electrons. The molecule has 0 unspecified atom stereocenters. The maximum absolute atomic E-state index is 5.45. The van der Waals surface area contributed by atoms with E-state index in [1.54, 1.807) is 7.11 Å². The van der Waals surface area contributed by atoms with Crippen molar-refractivity contribution in [3.05, 3.63) is 41.9 Å². The summed E-state index contributed by atoms with van der Waals surface area (Å²) in [7, 11) is 1.69. The van der Waals surface area contributed by atoms with Crippen LogP contribution in [0.2, 0.25) is 0 Å². The van der Waals surface area contributed by atoms with Crippen molar-refractivity contribution in [3.8, 4) is 17.0 Å². The molecule has 0 spiro atoms. The smallest absolute Gasteiger partial charge is 0.128 e. The molecule has 0 radical (unpaired) electrons. The van der Waals surface area contributed by atoms with Crippen LogP contribution in [0.3, 0.4) is 0 Å². The monoisotopic (exact) mass is 283 g/mol. The van der Waals surface area contributed by atoms with Crippen molar-refractivity contribution in [1.29, 1.82) is 0 Å². The first-order valence-electron chi connectivity index (χ1n) is 7.47. The van der Waals surface area contributed by atoms with Gasteiger partial charge in [-0.1, -0.05) is 12.1 Å². The predicted molar refractivity (Wildman–Crippen MR) is 83.6 cm³/mol. The number of nitrogens with zero attached hydrogens (tertiary/aromatic N) is 2. The predicted octanol–water partition coefficient (Wildman–Crippen LogP) is 2.93. The number of rotatable bonds is 3. The van der Waals surface area contributed by atoms with E-state index in [0.29, 0.717) is 5.92 Å². The van der Waals surface area contributed by atoms with Gasteiger partial charge in [0.05, 0.1) is 12.8 Å². The standard InChI is InChI=1S/C17H21N3O/c1-12-19-15(13-6-5-9-18-11-13)10-16(20-12)14-7-3-4-8-17(14)21-2/h3-4,7-8,10,13,18H,5-6,9,11H2,1-2H3/t13-/m0/s1.